The number of fused-ring (bicyclic) bond motifs is 1. The van der Waals surface area contributed by atoms with Gasteiger partial charge in [0.2, 0.25) is 0 Å². The zero-order valence-electron chi connectivity index (χ0n) is 17.4. The lowest BCUT2D eigenvalue weighted by atomic mass is 10.2. The first-order chi connectivity index (χ1) is 14.2. The van der Waals surface area contributed by atoms with Crippen LogP contribution in [0, 0.1) is 0 Å². The van der Waals surface area contributed by atoms with Gasteiger partial charge in [-0.1, -0.05) is 31.9 Å². The van der Waals surface area contributed by atoms with E-state index >= 15 is 0 Å². The molecule has 0 bridgehead atoms. The van der Waals surface area contributed by atoms with Crippen LogP contribution < -0.4 is 14.8 Å². The van der Waals surface area contributed by atoms with Crippen LogP contribution >= 0.6 is 0 Å². The van der Waals surface area contributed by atoms with Crippen LogP contribution in [0.25, 0.3) is 11.0 Å². The molecule has 6 nitrogen and oxygen atoms in total. The Bertz CT molecular complexity index is 965. The maximum Gasteiger partial charge on any atom is 0.251 e. The highest BCUT2D eigenvalue weighted by atomic mass is 16.5. The molecule has 29 heavy (non-hydrogen) atoms. The molecular formula is C23H29N3O3. The molecule has 0 spiro atoms. The maximum atomic E-state index is 12.5. The molecule has 2 aromatic carbocycles. The summed E-state index contributed by atoms with van der Waals surface area (Å²) >= 11 is 0. The molecule has 0 aliphatic carbocycles. The number of amides is 1. The van der Waals surface area contributed by atoms with Crippen molar-refractivity contribution in [3.05, 3.63) is 53.9 Å². The van der Waals surface area contributed by atoms with Crippen molar-refractivity contribution in [2.24, 2.45) is 0 Å². The first-order valence-corrected chi connectivity index (χ1v) is 10.1. The molecule has 0 aliphatic rings. The van der Waals surface area contributed by atoms with Gasteiger partial charge in [0.1, 0.15) is 5.82 Å². The van der Waals surface area contributed by atoms with Crippen LogP contribution in [-0.4, -0.2) is 36.2 Å². The molecule has 1 aromatic heterocycles. The Morgan fingerprint density at radius 2 is 1.86 bits per heavy atom. The number of hydrogen-bond acceptors (Lipinski definition) is 4. The largest absolute Gasteiger partial charge is 0.493 e. The van der Waals surface area contributed by atoms with Gasteiger partial charge in [-0.15, -0.1) is 0 Å². The molecule has 0 fully saturated rings. The lowest BCUT2D eigenvalue weighted by molar-refractivity contribution is 0.0953. The lowest BCUT2D eigenvalue weighted by Gasteiger charge is -2.11. The number of methoxy groups -OCH3 is 2. The number of rotatable bonds is 10. The zero-order valence-corrected chi connectivity index (χ0v) is 17.4. The van der Waals surface area contributed by atoms with Crippen LogP contribution in [-0.2, 0) is 13.0 Å². The molecular weight excluding hydrogens is 366 g/mol. The molecule has 1 heterocycles. The Morgan fingerprint density at radius 1 is 1.07 bits per heavy atom. The fourth-order valence-electron chi connectivity index (χ4n) is 3.45. The van der Waals surface area contributed by atoms with Crippen LogP contribution in [0.4, 0.5) is 0 Å². The van der Waals surface area contributed by atoms with Gasteiger partial charge in [-0.25, -0.2) is 4.98 Å². The number of para-hydroxylation sites is 2. The summed E-state index contributed by atoms with van der Waals surface area (Å²) in [6.45, 7) is 3.67. The highest BCUT2D eigenvalue weighted by Gasteiger charge is 2.13. The molecule has 6 heteroatoms. The summed E-state index contributed by atoms with van der Waals surface area (Å²) in [5, 5.41) is 2.99. The topological polar surface area (TPSA) is 65.4 Å². The van der Waals surface area contributed by atoms with Crippen LogP contribution in [0.15, 0.2) is 42.5 Å². The minimum absolute atomic E-state index is 0.139. The number of imidazole rings is 1. The third-order valence-corrected chi connectivity index (χ3v) is 5.00. The Morgan fingerprint density at radius 3 is 2.62 bits per heavy atom. The average molecular weight is 396 g/mol. The molecule has 1 amide bonds. The summed E-state index contributed by atoms with van der Waals surface area (Å²) in [5.74, 6) is 2.01. The number of nitrogens with zero attached hydrogens (tertiary/aromatic N) is 2. The van der Waals surface area contributed by atoms with E-state index in [4.69, 9.17) is 14.5 Å². The minimum atomic E-state index is -0.139. The molecule has 0 atom stereocenters. The maximum absolute atomic E-state index is 12.5. The molecule has 3 aromatic rings. The van der Waals surface area contributed by atoms with Gasteiger partial charge >= 0.3 is 0 Å². The summed E-state index contributed by atoms with van der Waals surface area (Å²) in [6, 6.07) is 13.4. The summed E-state index contributed by atoms with van der Waals surface area (Å²) in [5.41, 5.74) is 2.70. The van der Waals surface area contributed by atoms with E-state index in [2.05, 4.69) is 22.9 Å². The van der Waals surface area contributed by atoms with E-state index in [1.807, 2.05) is 18.2 Å². The smallest absolute Gasteiger partial charge is 0.251 e. The van der Waals surface area contributed by atoms with Crippen LogP contribution in [0.3, 0.4) is 0 Å². The second-order valence-corrected chi connectivity index (χ2v) is 6.95. The summed E-state index contributed by atoms with van der Waals surface area (Å²) < 4.78 is 12.8. The van der Waals surface area contributed by atoms with E-state index in [0.29, 0.717) is 30.0 Å². The predicted octanol–water partition coefficient (Wildman–Crippen LogP) is 4.22. The van der Waals surface area contributed by atoms with Gasteiger partial charge < -0.3 is 19.4 Å². The van der Waals surface area contributed by atoms with Crippen LogP contribution in [0.2, 0.25) is 0 Å². The van der Waals surface area contributed by atoms with Crippen LogP contribution in [0.5, 0.6) is 11.5 Å². The minimum Gasteiger partial charge on any atom is -0.493 e. The third kappa shape index (κ3) is 4.88. The van der Waals surface area contributed by atoms with Gasteiger partial charge in [0.15, 0.2) is 11.5 Å². The van der Waals surface area contributed by atoms with Gasteiger partial charge in [-0.3, -0.25) is 4.79 Å². The highest BCUT2D eigenvalue weighted by Crippen LogP contribution is 2.27. The number of hydrogen-bond donors (Lipinski definition) is 1. The summed E-state index contributed by atoms with van der Waals surface area (Å²) in [7, 11) is 3.13. The fraction of sp³-hybridized carbons (Fsp3) is 0.391. The SMILES string of the molecule is CCCCCn1c(CCNC(=O)c2ccc(OC)c(OC)c2)nc2ccccc21. The number of ether oxygens (including phenoxy) is 2. The number of nitrogens with one attached hydrogen (secondary N) is 1. The Balaban J connectivity index is 1.67. The fourth-order valence-corrected chi connectivity index (χ4v) is 3.45. The molecule has 0 unspecified atom stereocenters. The van der Waals surface area contributed by atoms with Gasteiger partial charge in [-0.05, 0) is 36.8 Å². The van der Waals surface area contributed by atoms with E-state index < -0.39 is 0 Å². The first-order valence-electron chi connectivity index (χ1n) is 10.1. The molecule has 1 N–H and O–H groups in total. The highest BCUT2D eigenvalue weighted by molar-refractivity contribution is 5.94. The molecule has 0 saturated carbocycles. The van der Waals surface area contributed by atoms with Gasteiger partial charge in [0.25, 0.3) is 5.91 Å². The Kier molecular flexibility index (Phi) is 7.11. The summed E-state index contributed by atoms with van der Waals surface area (Å²) in [4.78, 5) is 17.3. The van der Waals surface area contributed by atoms with E-state index in [-0.39, 0.29) is 5.91 Å². The Labute approximate surface area is 171 Å². The number of carbonyl (C=O) groups excluding carboxylic acids is 1. The zero-order chi connectivity index (χ0) is 20.6. The van der Waals surface area contributed by atoms with Crippen molar-refractivity contribution in [1.82, 2.24) is 14.9 Å². The van der Waals surface area contributed by atoms with E-state index in [9.17, 15) is 4.79 Å². The Hall–Kier alpha value is -3.02. The van der Waals surface area contributed by atoms with Gasteiger partial charge in [-0.2, -0.15) is 0 Å². The monoisotopic (exact) mass is 395 g/mol. The number of aromatic nitrogens is 2. The van der Waals surface area contributed by atoms with Crippen molar-refractivity contribution in [3.8, 4) is 11.5 Å². The lowest BCUT2D eigenvalue weighted by Crippen LogP contribution is -2.26. The second kappa shape index (κ2) is 9.96. The molecule has 154 valence electrons. The number of benzene rings is 2. The van der Waals surface area contributed by atoms with Gasteiger partial charge in [0.05, 0.1) is 25.3 Å². The van der Waals surface area contributed by atoms with Crippen molar-refractivity contribution in [2.75, 3.05) is 20.8 Å². The van der Waals surface area contributed by atoms with E-state index in [0.717, 1.165) is 29.8 Å². The molecule has 0 saturated heterocycles. The average Bonchev–Trinajstić information content (AvgIpc) is 3.10. The van der Waals surface area contributed by atoms with E-state index in [1.54, 1.807) is 32.4 Å². The van der Waals surface area contributed by atoms with Crippen molar-refractivity contribution in [2.45, 2.75) is 39.2 Å². The van der Waals surface area contributed by atoms with Crippen molar-refractivity contribution >= 4 is 16.9 Å². The molecule has 3 rings (SSSR count). The quantitative estimate of drug-likeness (QED) is 0.522. The standard InChI is InChI=1S/C23H29N3O3/c1-4-5-8-15-26-19-10-7-6-9-18(19)25-22(26)13-14-24-23(27)17-11-12-20(28-2)21(16-17)29-3/h6-7,9-12,16H,4-5,8,13-15H2,1-3H3,(H,24,27). The number of carbonyl (C=O) groups is 1. The third-order valence-electron chi connectivity index (χ3n) is 5.00. The summed E-state index contributed by atoms with van der Waals surface area (Å²) in [6.07, 6.45) is 4.19. The molecule has 0 radical (unpaired) electrons. The number of aryl methyl sites for hydroxylation is 1. The number of unbranched alkanes of at least 4 members (excludes halogenated alkanes) is 2. The normalized spacial score (nSPS) is 10.9. The van der Waals surface area contributed by atoms with E-state index in [1.165, 1.54) is 12.8 Å². The van der Waals surface area contributed by atoms with Crippen LogP contribution in [0.1, 0.15) is 42.4 Å². The van der Waals surface area contributed by atoms with Gasteiger partial charge in [0, 0.05) is 25.1 Å². The van der Waals surface area contributed by atoms with Crippen molar-refractivity contribution in [3.63, 3.8) is 0 Å². The first kappa shape index (κ1) is 20.7. The van der Waals surface area contributed by atoms with Crippen molar-refractivity contribution in [1.29, 1.82) is 0 Å². The van der Waals surface area contributed by atoms with Crippen molar-refractivity contribution < 1.29 is 14.3 Å². The second-order valence-electron chi connectivity index (χ2n) is 6.95. The predicted molar refractivity (Wildman–Crippen MR) is 115 cm³/mol. The molecule has 0 aliphatic heterocycles.